The second-order valence-electron chi connectivity index (χ2n) is 8.83. The Kier molecular flexibility index (Phi) is 6.20. The van der Waals surface area contributed by atoms with E-state index in [1.54, 1.807) is 4.90 Å². The topological polar surface area (TPSA) is 61.5 Å². The number of aromatic amines is 1. The van der Waals surface area contributed by atoms with Gasteiger partial charge in [-0.05, 0) is 72.2 Å². The number of carbonyl (C=O) groups excluding carboxylic acids is 1. The molecule has 0 atom stereocenters. The zero-order valence-electron chi connectivity index (χ0n) is 17.9. The second kappa shape index (κ2) is 8.74. The molecule has 6 nitrogen and oxygen atoms in total. The van der Waals surface area contributed by atoms with Gasteiger partial charge in [0.05, 0.1) is 0 Å². The van der Waals surface area contributed by atoms with Crippen molar-refractivity contribution in [2.45, 2.75) is 32.9 Å². The molecule has 1 N–H and O–H groups in total. The molecule has 164 valence electrons. The van der Waals surface area contributed by atoms with E-state index in [4.69, 9.17) is 4.74 Å². The lowest BCUT2D eigenvalue weighted by molar-refractivity contribution is 0.0139. The number of rotatable bonds is 3. The predicted molar refractivity (Wildman–Crippen MR) is 127 cm³/mol. The molecular weight excluding hydrogens is 510 g/mol. The molecule has 2 aromatic carbocycles. The summed E-state index contributed by atoms with van der Waals surface area (Å²) in [5.74, 6) is -0.321. The molecule has 8 heteroatoms. The zero-order chi connectivity index (χ0) is 22.2. The molecule has 0 aliphatic carbocycles. The number of carbonyl (C=O) groups is 1. The molecule has 0 spiro atoms. The fraction of sp³-hybridized carbons (Fsp3) is 0.391. The van der Waals surface area contributed by atoms with Crippen LogP contribution in [0.3, 0.4) is 0 Å². The summed E-state index contributed by atoms with van der Waals surface area (Å²) < 4.78 is 20.7. The number of nitrogens with one attached hydrogen (secondary N) is 1. The Morgan fingerprint density at radius 1 is 1.13 bits per heavy atom. The van der Waals surface area contributed by atoms with Gasteiger partial charge in [-0.2, -0.15) is 5.10 Å². The van der Waals surface area contributed by atoms with Gasteiger partial charge in [0, 0.05) is 38.1 Å². The summed E-state index contributed by atoms with van der Waals surface area (Å²) in [7, 11) is 0. The van der Waals surface area contributed by atoms with Crippen molar-refractivity contribution in [1.29, 1.82) is 0 Å². The van der Waals surface area contributed by atoms with E-state index >= 15 is 0 Å². The zero-order valence-corrected chi connectivity index (χ0v) is 20.1. The van der Waals surface area contributed by atoms with Crippen LogP contribution in [0.15, 0.2) is 36.4 Å². The standard InChI is InChI=1S/C23H26FIN4O2/c1-23(2,3)31-22(30)29-10-8-28(9-11-29)14-15-4-6-16(7-5-15)17-12-18-20(19(24)13-17)26-27-21(18)25/h4-7,12-13H,8-11,14H2,1-3H3,(H,26,27). The van der Waals surface area contributed by atoms with Crippen LogP contribution in [-0.4, -0.2) is 57.9 Å². The number of amides is 1. The molecule has 1 amide bonds. The van der Waals surface area contributed by atoms with Crippen molar-refractivity contribution in [2.75, 3.05) is 26.2 Å². The molecule has 1 saturated heterocycles. The van der Waals surface area contributed by atoms with E-state index in [-0.39, 0.29) is 11.9 Å². The van der Waals surface area contributed by atoms with Crippen molar-refractivity contribution in [3.05, 3.63) is 51.5 Å². The maximum Gasteiger partial charge on any atom is 0.410 e. The van der Waals surface area contributed by atoms with Gasteiger partial charge < -0.3 is 9.64 Å². The Labute approximate surface area is 194 Å². The lowest BCUT2D eigenvalue weighted by Crippen LogP contribution is -2.49. The summed E-state index contributed by atoms with van der Waals surface area (Å²) in [5, 5.41) is 7.64. The molecule has 31 heavy (non-hydrogen) atoms. The molecule has 1 aromatic heterocycles. The third-order valence-electron chi connectivity index (χ3n) is 5.28. The third-order valence-corrected chi connectivity index (χ3v) is 6.11. The smallest absolute Gasteiger partial charge is 0.410 e. The van der Waals surface area contributed by atoms with Crippen LogP contribution in [0.5, 0.6) is 0 Å². The van der Waals surface area contributed by atoms with E-state index in [0.29, 0.717) is 18.6 Å². The van der Waals surface area contributed by atoms with Crippen LogP contribution in [0, 0.1) is 9.52 Å². The number of nitrogens with zero attached hydrogens (tertiary/aromatic N) is 3. The van der Waals surface area contributed by atoms with Crippen LogP contribution >= 0.6 is 22.6 Å². The van der Waals surface area contributed by atoms with Crippen molar-refractivity contribution in [2.24, 2.45) is 0 Å². The van der Waals surface area contributed by atoms with E-state index in [9.17, 15) is 9.18 Å². The van der Waals surface area contributed by atoms with Gasteiger partial charge >= 0.3 is 6.09 Å². The van der Waals surface area contributed by atoms with Crippen LogP contribution in [0.25, 0.3) is 22.0 Å². The number of benzene rings is 2. The van der Waals surface area contributed by atoms with Crippen molar-refractivity contribution in [1.82, 2.24) is 20.0 Å². The predicted octanol–water partition coefficient (Wildman–Crippen LogP) is 5.03. The highest BCUT2D eigenvalue weighted by atomic mass is 127. The van der Waals surface area contributed by atoms with Crippen molar-refractivity contribution in [3.8, 4) is 11.1 Å². The fourth-order valence-electron chi connectivity index (χ4n) is 3.69. The Hall–Kier alpha value is -2.20. The van der Waals surface area contributed by atoms with Gasteiger partial charge in [0.25, 0.3) is 0 Å². The Morgan fingerprint density at radius 3 is 2.45 bits per heavy atom. The number of piperazine rings is 1. The number of fused-ring (bicyclic) bond motifs is 1. The van der Waals surface area contributed by atoms with E-state index in [0.717, 1.165) is 39.8 Å². The molecule has 0 bridgehead atoms. The highest BCUT2D eigenvalue weighted by Gasteiger charge is 2.25. The van der Waals surface area contributed by atoms with Gasteiger partial charge in [0.2, 0.25) is 0 Å². The molecule has 1 aliphatic rings. The van der Waals surface area contributed by atoms with Crippen LogP contribution in [-0.2, 0) is 11.3 Å². The number of hydrogen-bond acceptors (Lipinski definition) is 4. The van der Waals surface area contributed by atoms with Gasteiger partial charge in [0.15, 0.2) is 5.82 Å². The van der Waals surface area contributed by atoms with Crippen LogP contribution < -0.4 is 0 Å². The minimum absolute atomic E-state index is 0.243. The normalized spacial score (nSPS) is 15.5. The first kappa shape index (κ1) is 22.0. The summed E-state index contributed by atoms with van der Waals surface area (Å²) in [6.07, 6.45) is -0.243. The molecule has 1 aliphatic heterocycles. The molecule has 0 saturated carbocycles. The maximum absolute atomic E-state index is 14.4. The van der Waals surface area contributed by atoms with Crippen molar-refractivity contribution < 1.29 is 13.9 Å². The summed E-state index contributed by atoms with van der Waals surface area (Å²) in [4.78, 5) is 16.3. The largest absolute Gasteiger partial charge is 0.444 e. The summed E-state index contributed by atoms with van der Waals surface area (Å²) in [6.45, 7) is 9.40. The highest BCUT2D eigenvalue weighted by molar-refractivity contribution is 14.1. The summed E-state index contributed by atoms with van der Waals surface area (Å²) in [6, 6.07) is 11.7. The first-order valence-electron chi connectivity index (χ1n) is 10.3. The van der Waals surface area contributed by atoms with Crippen molar-refractivity contribution >= 4 is 39.6 Å². The quantitative estimate of drug-likeness (QED) is 0.478. The van der Waals surface area contributed by atoms with Crippen molar-refractivity contribution in [3.63, 3.8) is 0 Å². The van der Waals surface area contributed by atoms with E-state index < -0.39 is 5.60 Å². The maximum atomic E-state index is 14.4. The number of aromatic nitrogens is 2. The molecule has 2 heterocycles. The third kappa shape index (κ3) is 5.17. The summed E-state index contributed by atoms with van der Waals surface area (Å²) in [5.41, 5.74) is 2.89. The van der Waals surface area contributed by atoms with Crippen LogP contribution in [0.4, 0.5) is 9.18 Å². The first-order chi connectivity index (χ1) is 14.7. The molecule has 0 unspecified atom stereocenters. The van der Waals surface area contributed by atoms with Gasteiger partial charge in [0.1, 0.15) is 14.8 Å². The fourth-order valence-corrected chi connectivity index (χ4v) is 4.22. The molecule has 1 fully saturated rings. The molecule has 4 rings (SSSR count). The number of ether oxygens (including phenoxy) is 1. The molecular formula is C23H26FIN4O2. The van der Waals surface area contributed by atoms with Crippen LogP contribution in [0.2, 0.25) is 0 Å². The van der Waals surface area contributed by atoms with Crippen LogP contribution in [0.1, 0.15) is 26.3 Å². The van der Waals surface area contributed by atoms with Gasteiger partial charge in [-0.1, -0.05) is 24.3 Å². The Morgan fingerprint density at radius 2 is 1.81 bits per heavy atom. The molecule has 3 aromatic rings. The highest BCUT2D eigenvalue weighted by Crippen LogP contribution is 2.28. The number of H-pyrrole nitrogens is 1. The Bertz CT molecular complexity index is 1080. The van der Waals surface area contributed by atoms with E-state index in [1.165, 1.54) is 11.6 Å². The molecule has 0 radical (unpaired) electrons. The van der Waals surface area contributed by atoms with Gasteiger partial charge in [-0.15, -0.1) is 0 Å². The lowest BCUT2D eigenvalue weighted by Gasteiger charge is -2.35. The number of hydrogen-bond donors (Lipinski definition) is 1. The van der Waals surface area contributed by atoms with Gasteiger partial charge in [-0.25, -0.2) is 9.18 Å². The Balaban J connectivity index is 1.38. The minimum atomic E-state index is -0.473. The van der Waals surface area contributed by atoms with Gasteiger partial charge in [-0.3, -0.25) is 10.00 Å². The average Bonchev–Trinajstić information content (AvgIpc) is 3.09. The monoisotopic (exact) mass is 536 g/mol. The van der Waals surface area contributed by atoms with E-state index in [1.807, 2.05) is 39.0 Å². The lowest BCUT2D eigenvalue weighted by atomic mass is 10.0. The first-order valence-corrected chi connectivity index (χ1v) is 11.4. The second-order valence-corrected chi connectivity index (χ2v) is 9.91. The SMILES string of the molecule is CC(C)(C)OC(=O)N1CCN(Cc2ccc(-c3cc(F)c4n[nH]c(I)c4c3)cc2)CC1. The number of halogens is 2. The van der Waals surface area contributed by atoms with E-state index in [2.05, 4.69) is 49.8 Å². The summed E-state index contributed by atoms with van der Waals surface area (Å²) >= 11 is 2.13. The minimum Gasteiger partial charge on any atom is -0.444 e. The average molecular weight is 536 g/mol.